The van der Waals surface area contributed by atoms with Crippen LogP contribution in [-0.4, -0.2) is 35.8 Å². The van der Waals surface area contributed by atoms with Crippen molar-refractivity contribution in [1.82, 2.24) is 4.90 Å². The molecule has 19 heavy (non-hydrogen) atoms. The van der Waals surface area contributed by atoms with Gasteiger partial charge in [0.1, 0.15) is 5.75 Å². The molecule has 0 atom stereocenters. The molecule has 0 spiro atoms. The lowest BCUT2D eigenvalue weighted by molar-refractivity contribution is -0.0503. The summed E-state index contributed by atoms with van der Waals surface area (Å²) in [7, 11) is 0. The highest BCUT2D eigenvalue weighted by molar-refractivity contribution is 9.10. The van der Waals surface area contributed by atoms with Crippen LogP contribution in [0.2, 0.25) is 0 Å². The zero-order chi connectivity index (χ0) is 13.8. The lowest BCUT2D eigenvalue weighted by Crippen LogP contribution is -2.35. The first kappa shape index (κ1) is 14.7. The third-order valence-electron chi connectivity index (χ3n) is 3.18. The van der Waals surface area contributed by atoms with Crippen molar-refractivity contribution in [2.45, 2.75) is 32.1 Å². The third-order valence-corrected chi connectivity index (χ3v) is 3.80. The second-order valence-electron chi connectivity index (χ2n) is 4.65. The Bertz CT molecular complexity index is 423. The topological polar surface area (TPSA) is 32.7 Å². The number of hydrogen-bond donors (Lipinski definition) is 1. The molecule has 6 heteroatoms. The Kier molecular flexibility index (Phi) is 5.13. The molecule has 1 saturated heterocycles. The highest BCUT2D eigenvalue weighted by Gasteiger charge is 2.17. The molecule has 0 radical (unpaired) electrons. The van der Waals surface area contributed by atoms with Crippen LogP contribution in [0.15, 0.2) is 22.7 Å². The first-order valence-electron chi connectivity index (χ1n) is 6.18. The van der Waals surface area contributed by atoms with Crippen molar-refractivity contribution in [3.8, 4) is 5.75 Å². The van der Waals surface area contributed by atoms with Crippen LogP contribution < -0.4 is 4.74 Å². The number of ether oxygens (including phenoxy) is 1. The van der Waals surface area contributed by atoms with E-state index in [1.807, 2.05) is 0 Å². The number of piperidine rings is 1. The van der Waals surface area contributed by atoms with Crippen molar-refractivity contribution in [3.05, 3.63) is 28.2 Å². The van der Waals surface area contributed by atoms with Gasteiger partial charge in [0.2, 0.25) is 0 Å². The molecule has 1 aliphatic heterocycles. The molecule has 1 aliphatic rings. The molecule has 0 aliphatic carbocycles. The van der Waals surface area contributed by atoms with E-state index in [0.29, 0.717) is 4.47 Å². The van der Waals surface area contributed by atoms with Gasteiger partial charge >= 0.3 is 6.61 Å². The molecule has 1 aromatic carbocycles. The van der Waals surface area contributed by atoms with Crippen LogP contribution in [0.1, 0.15) is 18.4 Å². The maximum absolute atomic E-state index is 12.1. The van der Waals surface area contributed by atoms with Gasteiger partial charge in [-0.05, 0) is 46.5 Å². The normalized spacial score (nSPS) is 17.9. The van der Waals surface area contributed by atoms with Crippen LogP contribution in [0, 0.1) is 0 Å². The molecule has 1 aromatic rings. The van der Waals surface area contributed by atoms with E-state index in [1.165, 1.54) is 0 Å². The average molecular weight is 336 g/mol. The van der Waals surface area contributed by atoms with Crippen molar-refractivity contribution in [3.63, 3.8) is 0 Å². The van der Waals surface area contributed by atoms with Crippen molar-refractivity contribution in [2.24, 2.45) is 0 Å². The third kappa shape index (κ3) is 4.40. The van der Waals surface area contributed by atoms with E-state index in [9.17, 15) is 13.9 Å². The first-order chi connectivity index (χ1) is 9.04. The van der Waals surface area contributed by atoms with Crippen LogP contribution in [0.25, 0.3) is 0 Å². The number of aliphatic hydroxyl groups is 1. The highest BCUT2D eigenvalue weighted by atomic mass is 79.9. The minimum Gasteiger partial charge on any atom is -0.434 e. The quantitative estimate of drug-likeness (QED) is 0.918. The minimum absolute atomic E-state index is 0.146. The summed E-state index contributed by atoms with van der Waals surface area (Å²) in [5, 5.41) is 9.44. The van der Waals surface area contributed by atoms with Gasteiger partial charge in [0, 0.05) is 19.6 Å². The fraction of sp³-hybridized carbons (Fsp3) is 0.538. The lowest BCUT2D eigenvalue weighted by atomic mass is 10.1. The van der Waals surface area contributed by atoms with Gasteiger partial charge in [-0.2, -0.15) is 8.78 Å². The molecule has 0 saturated carbocycles. The number of aliphatic hydroxyl groups excluding tert-OH is 1. The van der Waals surface area contributed by atoms with E-state index in [1.54, 1.807) is 18.2 Å². The predicted molar refractivity (Wildman–Crippen MR) is 71.3 cm³/mol. The SMILES string of the molecule is OC1CCN(Cc2ccc(OC(F)F)c(Br)c2)CC1. The van der Waals surface area contributed by atoms with Gasteiger partial charge in [-0.25, -0.2) is 0 Å². The standard InChI is InChI=1S/C13H16BrF2NO2/c14-11-7-9(1-2-12(11)19-13(15)16)8-17-5-3-10(18)4-6-17/h1-2,7,10,13,18H,3-6,8H2. The second kappa shape index (κ2) is 6.63. The molecule has 0 bridgehead atoms. The fourth-order valence-corrected chi connectivity index (χ4v) is 2.69. The summed E-state index contributed by atoms with van der Waals surface area (Å²) in [6.45, 7) is -0.353. The van der Waals surface area contributed by atoms with E-state index in [4.69, 9.17) is 0 Å². The molecule has 2 rings (SSSR count). The van der Waals surface area contributed by atoms with Gasteiger partial charge < -0.3 is 9.84 Å². The summed E-state index contributed by atoms with van der Waals surface area (Å²) in [5.74, 6) is 0.146. The molecule has 1 fully saturated rings. The number of halogens is 3. The Morgan fingerprint density at radius 2 is 2.05 bits per heavy atom. The van der Waals surface area contributed by atoms with E-state index in [0.717, 1.165) is 38.0 Å². The zero-order valence-corrected chi connectivity index (χ0v) is 11.9. The van der Waals surface area contributed by atoms with Crippen molar-refractivity contribution in [1.29, 1.82) is 0 Å². The number of hydrogen-bond acceptors (Lipinski definition) is 3. The van der Waals surface area contributed by atoms with Gasteiger partial charge in [-0.15, -0.1) is 0 Å². The first-order valence-corrected chi connectivity index (χ1v) is 6.97. The summed E-state index contributed by atoms with van der Waals surface area (Å²) in [6.07, 6.45) is 1.38. The van der Waals surface area contributed by atoms with Crippen molar-refractivity contribution in [2.75, 3.05) is 13.1 Å². The second-order valence-corrected chi connectivity index (χ2v) is 5.50. The molecule has 0 aromatic heterocycles. The zero-order valence-electron chi connectivity index (χ0n) is 10.4. The number of likely N-dealkylation sites (tertiary alicyclic amines) is 1. The summed E-state index contributed by atoms with van der Waals surface area (Å²) >= 11 is 3.23. The summed E-state index contributed by atoms with van der Waals surface area (Å²) in [5.41, 5.74) is 1.03. The van der Waals surface area contributed by atoms with E-state index in [2.05, 4.69) is 25.6 Å². The van der Waals surface area contributed by atoms with E-state index < -0.39 is 6.61 Å². The maximum atomic E-state index is 12.1. The molecular weight excluding hydrogens is 320 g/mol. The van der Waals surface area contributed by atoms with Crippen LogP contribution in [0.5, 0.6) is 5.75 Å². The maximum Gasteiger partial charge on any atom is 0.387 e. The number of nitrogens with zero attached hydrogens (tertiary/aromatic N) is 1. The Hall–Kier alpha value is -0.720. The molecule has 1 N–H and O–H groups in total. The van der Waals surface area contributed by atoms with Crippen LogP contribution in [0.4, 0.5) is 8.78 Å². The smallest absolute Gasteiger partial charge is 0.387 e. The lowest BCUT2D eigenvalue weighted by Gasteiger charge is -2.29. The van der Waals surface area contributed by atoms with E-state index >= 15 is 0 Å². The Balaban J connectivity index is 1.96. The Labute approximate surface area is 119 Å². The Morgan fingerprint density at radius 1 is 1.37 bits per heavy atom. The van der Waals surface area contributed by atoms with Gasteiger partial charge in [0.25, 0.3) is 0 Å². The number of alkyl halides is 2. The van der Waals surface area contributed by atoms with Crippen LogP contribution in [-0.2, 0) is 6.54 Å². The number of benzene rings is 1. The molecule has 106 valence electrons. The summed E-state index contributed by atoms with van der Waals surface area (Å²) < 4.78 is 29.2. The largest absolute Gasteiger partial charge is 0.434 e. The van der Waals surface area contributed by atoms with Crippen molar-refractivity contribution >= 4 is 15.9 Å². The average Bonchev–Trinajstić information content (AvgIpc) is 2.35. The summed E-state index contributed by atoms with van der Waals surface area (Å²) in [4.78, 5) is 2.24. The molecular formula is C13H16BrF2NO2. The Morgan fingerprint density at radius 3 is 2.63 bits per heavy atom. The van der Waals surface area contributed by atoms with Gasteiger partial charge in [-0.1, -0.05) is 6.07 Å². The minimum atomic E-state index is -2.81. The van der Waals surface area contributed by atoms with Gasteiger partial charge in [0.15, 0.2) is 0 Å². The predicted octanol–water partition coefficient (Wildman–Crippen LogP) is 3.01. The molecule has 1 heterocycles. The summed E-state index contributed by atoms with van der Waals surface area (Å²) in [6, 6.07) is 5.13. The van der Waals surface area contributed by atoms with Crippen molar-refractivity contribution < 1.29 is 18.6 Å². The monoisotopic (exact) mass is 335 g/mol. The fourth-order valence-electron chi connectivity index (χ4n) is 2.17. The number of rotatable bonds is 4. The van der Waals surface area contributed by atoms with Crippen LogP contribution in [0.3, 0.4) is 0 Å². The van der Waals surface area contributed by atoms with Gasteiger partial charge in [0.05, 0.1) is 10.6 Å². The molecule has 0 unspecified atom stereocenters. The van der Waals surface area contributed by atoms with E-state index in [-0.39, 0.29) is 11.9 Å². The van der Waals surface area contributed by atoms with Crippen LogP contribution >= 0.6 is 15.9 Å². The highest BCUT2D eigenvalue weighted by Crippen LogP contribution is 2.28. The molecule has 0 amide bonds. The van der Waals surface area contributed by atoms with Gasteiger partial charge in [-0.3, -0.25) is 4.90 Å². The molecule has 3 nitrogen and oxygen atoms in total.